The maximum atomic E-state index is 12.8. The second-order valence-electron chi connectivity index (χ2n) is 6.89. The molecule has 0 unspecified atom stereocenters. The lowest BCUT2D eigenvalue weighted by molar-refractivity contribution is -0.150. The van der Waals surface area contributed by atoms with Gasteiger partial charge in [0.2, 0.25) is 5.91 Å². The molecule has 1 aromatic carbocycles. The Labute approximate surface area is 162 Å². The Balaban J connectivity index is 1.33. The Morgan fingerprint density at radius 3 is 2.68 bits per heavy atom. The Morgan fingerprint density at radius 2 is 2.00 bits per heavy atom. The molecule has 1 atom stereocenters. The molecule has 2 saturated heterocycles. The standard InChI is InChI=1S/C19H25FN2O6/c20-14-3-5-15(6-4-14)26-9-1-2-17(23)21-7-8-22-13-19(27-10-11-28-19)12-16(22)18(24)25/h3-6,16H,1-2,7-13H2,(H,21,23)(H,24,25)/t16-/m0/s1. The molecule has 2 heterocycles. The Hall–Kier alpha value is -2.23. The lowest BCUT2D eigenvalue weighted by atomic mass is 10.1. The predicted octanol–water partition coefficient (Wildman–Crippen LogP) is 1.00. The van der Waals surface area contributed by atoms with Gasteiger partial charge in [0.15, 0.2) is 5.79 Å². The van der Waals surface area contributed by atoms with Crippen LogP contribution in [0.5, 0.6) is 5.75 Å². The molecule has 8 nitrogen and oxygen atoms in total. The van der Waals surface area contributed by atoms with Gasteiger partial charge in [-0.05, 0) is 30.7 Å². The minimum absolute atomic E-state index is 0.128. The summed E-state index contributed by atoms with van der Waals surface area (Å²) in [6.45, 7) is 2.42. The average molecular weight is 396 g/mol. The number of nitrogens with one attached hydrogen (secondary N) is 1. The van der Waals surface area contributed by atoms with Crippen molar-refractivity contribution in [3.05, 3.63) is 30.1 Å². The molecule has 28 heavy (non-hydrogen) atoms. The number of hydrogen-bond donors (Lipinski definition) is 2. The Morgan fingerprint density at radius 1 is 1.29 bits per heavy atom. The number of rotatable bonds is 9. The molecule has 9 heteroatoms. The number of amides is 1. The topological polar surface area (TPSA) is 97.3 Å². The number of carboxylic acid groups (broad SMARTS) is 1. The molecule has 2 fully saturated rings. The monoisotopic (exact) mass is 396 g/mol. The Kier molecular flexibility index (Phi) is 6.82. The van der Waals surface area contributed by atoms with E-state index < -0.39 is 17.8 Å². The largest absolute Gasteiger partial charge is 0.494 e. The summed E-state index contributed by atoms with van der Waals surface area (Å²) in [4.78, 5) is 25.2. The van der Waals surface area contributed by atoms with Crippen LogP contribution in [0.25, 0.3) is 0 Å². The first-order valence-corrected chi connectivity index (χ1v) is 9.37. The lowest BCUT2D eigenvalue weighted by Crippen LogP contribution is -2.42. The molecule has 0 saturated carbocycles. The van der Waals surface area contributed by atoms with Crippen LogP contribution < -0.4 is 10.1 Å². The van der Waals surface area contributed by atoms with E-state index in [4.69, 9.17) is 14.2 Å². The smallest absolute Gasteiger partial charge is 0.321 e. The highest BCUT2D eigenvalue weighted by Crippen LogP contribution is 2.34. The van der Waals surface area contributed by atoms with E-state index >= 15 is 0 Å². The number of aliphatic carboxylic acids is 1. The molecule has 2 aliphatic heterocycles. The minimum Gasteiger partial charge on any atom is -0.494 e. The first-order valence-electron chi connectivity index (χ1n) is 9.37. The van der Waals surface area contributed by atoms with Crippen LogP contribution in [-0.2, 0) is 19.1 Å². The summed E-state index contributed by atoms with van der Waals surface area (Å²) in [5.41, 5.74) is 0. The number of carbonyl (C=O) groups is 2. The first kappa shape index (κ1) is 20.5. The highest BCUT2D eigenvalue weighted by molar-refractivity contribution is 5.76. The molecule has 3 rings (SSSR count). The van der Waals surface area contributed by atoms with Gasteiger partial charge < -0.3 is 24.6 Å². The van der Waals surface area contributed by atoms with E-state index in [0.717, 1.165) is 0 Å². The highest BCUT2D eigenvalue weighted by atomic mass is 19.1. The van der Waals surface area contributed by atoms with Crippen molar-refractivity contribution in [1.82, 2.24) is 10.2 Å². The molecule has 1 amide bonds. The maximum absolute atomic E-state index is 12.8. The zero-order valence-electron chi connectivity index (χ0n) is 15.6. The fourth-order valence-electron chi connectivity index (χ4n) is 3.47. The lowest BCUT2D eigenvalue weighted by Gasteiger charge is -2.22. The molecule has 0 bridgehead atoms. The summed E-state index contributed by atoms with van der Waals surface area (Å²) in [5, 5.41) is 12.2. The molecule has 1 spiro atoms. The minimum atomic E-state index is -0.916. The number of likely N-dealkylation sites (tertiary alicyclic amines) is 1. The van der Waals surface area contributed by atoms with Gasteiger partial charge in [0.25, 0.3) is 0 Å². The number of hydrogen-bond acceptors (Lipinski definition) is 6. The predicted molar refractivity (Wildman–Crippen MR) is 96.4 cm³/mol. The molecule has 0 radical (unpaired) electrons. The van der Waals surface area contributed by atoms with Gasteiger partial charge in [0.05, 0.1) is 26.4 Å². The van der Waals surface area contributed by atoms with Crippen LogP contribution in [0.15, 0.2) is 24.3 Å². The summed E-state index contributed by atoms with van der Waals surface area (Å²) in [6.07, 6.45) is 1.10. The van der Waals surface area contributed by atoms with Crippen LogP contribution in [0.2, 0.25) is 0 Å². The van der Waals surface area contributed by atoms with Gasteiger partial charge >= 0.3 is 5.97 Å². The van der Waals surface area contributed by atoms with Crippen molar-refractivity contribution in [3.63, 3.8) is 0 Å². The zero-order valence-corrected chi connectivity index (χ0v) is 15.6. The average Bonchev–Trinajstić information content (AvgIpc) is 3.27. The number of carbonyl (C=O) groups excluding carboxylic acids is 1. The van der Waals surface area contributed by atoms with Crippen LogP contribution in [0, 0.1) is 5.82 Å². The van der Waals surface area contributed by atoms with Gasteiger partial charge in [-0.2, -0.15) is 0 Å². The third-order valence-corrected chi connectivity index (χ3v) is 4.84. The second kappa shape index (κ2) is 9.31. The molecule has 0 aliphatic carbocycles. The quantitative estimate of drug-likeness (QED) is 0.601. The highest BCUT2D eigenvalue weighted by Gasteiger charge is 2.50. The molecule has 2 N–H and O–H groups in total. The summed E-state index contributed by atoms with van der Waals surface area (Å²) in [7, 11) is 0. The van der Waals surface area contributed by atoms with Gasteiger partial charge in [-0.15, -0.1) is 0 Å². The molecular weight excluding hydrogens is 371 g/mol. The summed E-state index contributed by atoms with van der Waals surface area (Å²) in [6, 6.07) is 5.02. The van der Waals surface area contributed by atoms with E-state index in [0.29, 0.717) is 58.0 Å². The maximum Gasteiger partial charge on any atom is 0.321 e. The van der Waals surface area contributed by atoms with E-state index in [-0.39, 0.29) is 18.1 Å². The van der Waals surface area contributed by atoms with Crippen molar-refractivity contribution in [3.8, 4) is 5.75 Å². The van der Waals surface area contributed by atoms with Crippen LogP contribution >= 0.6 is 0 Å². The second-order valence-corrected chi connectivity index (χ2v) is 6.89. The number of halogens is 1. The van der Waals surface area contributed by atoms with E-state index in [2.05, 4.69) is 5.32 Å². The third kappa shape index (κ3) is 5.40. The fourth-order valence-corrected chi connectivity index (χ4v) is 3.47. The van der Waals surface area contributed by atoms with Crippen LogP contribution in [0.1, 0.15) is 19.3 Å². The van der Waals surface area contributed by atoms with Crippen LogP contribution in [0.4, 0.5) is 4.39 Å². The van der Waals surface area contributed by atoms with Crippen molar-refractivity contribution in [2.75, 3.05) is 39.5 Å². The number of ether oxygens (including phenoxy) is 3. The first-order chi connectivity index (χ1) is 13.5. The summed E-state index contributed by atoms with van der Waals surface area (Å²) < 4.78 is 29.4. The van der Waals surface area contributed by atoms with Gasteiger partial charge in [0.1, 0.15) is 17.6 Å². The number of nitrogens with zero attached hydrogens (tertiary/aromatic N) is 1. The van der Waals surface area contributed by atoms with Crippen molar-refractivity contribution < 1.29 is 33.3 Å². The van der Waals surface area contributed by atoms with E-state index in [1.807, 2.05) is 0 Å². The van der Waals surface area contributed by atoms with Gasteiger partial charge in [-0.1, -0.05) is 0 Å². The molecular formula is C19H25FN2O6. The van der Waals surface area contributed by atoms with Gasteiger partial charge in [-0.25, -0.2) is 4.39 Å². The van der Waals surface area contributed by atoms with Crippen molar-refractivity contribution in [1.29, 1.82) is 0 Å². The number of carboxylic acids is 1. The van der Waals surface area contributed by atoms with Crippen LogP contribution in [0.3, 0.4) is 0 Å². The van der Waals surface area contributed by atoms with Crippen molar-refractivity contribution >= 4 is 11.9 Å². The van der Waals surface area contributed by atoms with Gasteiger partial charge in [0, 0.05) is 25.9 Å². The van der Waals surface area contributed by atoms with E-state index in [9.17, 15) is 19.1 Å². The molecule has 1 aromatic rings. The Bertz CT molecular complexity index is 678. The summed E-state index contributed by atoms with van der Waals surface area (Å²) in [5.74, 6) is -1.64. The third-order valence-electron chi connectivity index (χ3n) is 4.84. The number of benzene rings is 1. The molecule has 154 valence electrons. The van der Waals surface area contributed by atoms with E-state index in [1.54, 1.807) is 4.90 Å². The fraction of sp³-hybridized carbons (Fsp3) is 0.579. The summed E-state index contributed by atoms with van der Waals surface area (Å²) >= 11 is 0. The normalized spacial score (nSPS) is 21.1. The van der Waals surface area contributed by atoms with Crippen LogP contribution in [-0.4, -0.2) is 73.2 Å². The molecule has 2 aliphatic rings. The molecule has 0 aromatic heterocycles. The zero-order chi connectivity index (χ0) is 20.0. The van der Waals surface area contributed by atoms with Crippen molar-refractivity contribution in [2.45, 2.75) is 31.1 Å². The van der Waals surface area contributed by atoms with E-state index in [1.165, 1.54) is 24.3 Å². The van der Waals surface area contributed by atoms with Gasteiger partial charge in [-0.3, -0.25) is 14.5 Å². The SMILES string of the molecule is O=C(CCCOc1ccc(F)cc1)NCCN1CC2(C[C@H]1C(=O)O)OCCO2. The van der Waals surface area contributed by atoms with Crippen molar-refractivity contribution in [2.24, 2.45) is 0 Å².